The summed E-state index contributed by atoms with van der Waals surface area (Å²) in [7, 11) is 0. The van der Waals surface area contributed by atoms with Crippen LogP contribution in [0.25, 0.3) is 0 Å². The fraction of sp³-hybridized carbons (Fsp3) is 0.318. The molecule has 0 bridgehead atoms. The van der Waals surface area contributed by atoms with E-state index in [1.807, 2.05) is 32.0 Å². The first-order valence-electron chi connectivity index (χ1n) is 9.46. The van der Waals surface area contributed by atoms with Gasteiger partial charge in [0.25, 0.3) is 5.91 Å². The number of nitrogens with zero attached hydrogens (tertiary/aromatic N) is 1. The van der Waals surface area contributed by atoms with E-state index in [0.717, 1.165) is 17.5 Å². The van der Waals surface area contributed by atoms with E-state index in [9.17, 15) is 14.4 Å². The number of carbonyl (C=O) groups is 3. The van der Waals surface area contributed by atoms with Gasteiger partial charge in [-0.2, -0.15) is 0 Å². The van der Waals surface area contributed by atoms with Crippen LogP contribution in [0.15, 0.2) is 36.4 Å². The van der Waals surface area contributed by atoms with Gasteiger partial charge in [-0.05, 0) is 56.5 Å². The average molecular weight is 415 g/mol. The Kier molecular flexibility index (Phi) is 6.23. The Labute approximate surface area is 174 Å². The van der Waals surface area contributed by atoms with E-state index < -0.39 is 18.0 Å². The number of nitrogens with one attached hydrogen (secondary N) is 1. The standard InChI is InChI=1S/C22H23ClN2O4/c1-13-6-4-7-14(2)20(13)24-21(27)15(3)29-22(28)16-9-10-17(23)18(12-16)25-11-5-8-19(25)26/h4,6-7,9-10,12,15H,5,8,11H2,1-3H3,(H,24,27)/t15-/m0/s1. The minimum absolute atomic E-state index is 0.0289. The lowest BCUT2D eigenvalue weighted by molar-refractivity contribution is -0.123. The quantitative estimate of drug-likeness (QED) is 0.741. The second-order valence-electron chi connectivity index (χ2n) is 7.12. The molecule has 0 aromatic heterocycles. The number of anilines is 2. The van der Waals surface area contributed by atoms with Gasteiger partial charge in [-0.25, -0.2) is 4.79 Å². The highest BCUT2D eigenvalue weighted by molar-refractivity contribution is 6.34. The molecule has 0 spiro atoms. The van der Waals surface area contributed by atoms with Gasteiger partial charge < -0.3 is 15.0 Å². The van der Waals surface area contributed by atoms with Crippen molar-refractivity contribution < 1.29 is 19.1 Å². The Morgan fingerprint density at radius 2 is 1.86 bits per heavy atom. The molecule has 2 aromatic carbocycles. The van der Waals surface area contributed by atoms with Gasteiger partial charge in [0.15, 0.2) is 6.10 Å². The molecule has 7 heteroatoms. The smallest absolute Gasteiger partial charge is 0.338 e. The largest absolute Gasteiger partial charge is 0.449 e. The Morgan fingerprint density at radius 1 is 1.17 bits per heavy atom. The molecule has 1 aliphatic heterocycles. The van der Waals surface area contributed by atoms with Crippen molar-refractivity contribution in [2.45, 2.75) is 39.7 Å². The van der Waals surface area contributed by atoms with Crippen LogP contribution in [-0.2, 0) is 14.3 Å². The molecule has 2 aromatic rings. The van der Waals surface area contributed by atoms with Crippen LogP contribution < -0.4 is 10.2 Å². The molecule has 1 fully saturated rings. The lowest BCUT2D eigenvalue weighted by Gasteiger charge is -2.19. The number of amides is 2. The summed E-state index contributed by atoms with van der Waals surface area (Å²) in [6.45, 7) is 5.87. The molecule has 0 radical (unpaired) electrons. The number of ether oxygens (including phenoxy) is 1. The first-order valence-corrected chi connectivity index (χ1v) is 9.83. The number of aryl methyl sites for hydroxylation is 2. The van der Waals surface area contributed by atoms with Crippen molar-refractivity contribution in [3.63, 3.8) is 0 Å². The predicted octanol–water partition coefficient (Wildman–Crippen LogP) is 4.27. The highest BCUT2D eigenvalue weighted by atomic mass is 35.5. The zero-order valence-corrected chi connectivity index (χ0v) is 17.4. The molecular weight excluding hydrogens is 392 g/mol. The van der Waals surface area contributed by atoms with Crippen LogP contribution in [-0.4, -0.2) is 30.4 Å². The Hall–Kier alpha value is -2.86. The number of rotatable bonds is 5. The van der Waals surface area contributed by atoms with Gasteiger partial charge in [0, 0.05) is 18.7 Å². The van der Waals surface area contributed by atoms with Gasteiger partial charge in [-0.3, -0.25) is 9.59 Å². The molecule has 29 heavy (non-hydrogen) atoms. The van der Waals surface area contributed by atoms with E-state index >= 15 is 0 Å². The normalized spacial score (nSPS) is 14.6. The van der Waals surface area contributed by atoms with Crippen molar-refractivity contribution in [2.24, 2.45) is 0 Å². The molecule has 0 unspecified atom stereocenters. The van der Waals surface area contributed by atoms with Crippen molar-refractivity contribution in [1.29, 1.82) is 0 Å². The number of hydrogen-bond acceptors (Lipinski definition) is 4. The van der Waals surface area contributed by atoms with E-state index in [1.165, 1.54) is 19.1 Å². The minimum atomic E-state index is -0.992. The maximum atomic E-state index is 12.6. The Balaban J connectivity index is 1.71. The van der Waals surface area contributed by atoms with Crippen LogP contribution in [0, 0.1) is 13.8 Å². The van der Waals surface area contributed by atoms with Crippen molar-refractivity contribution in [1.82, 2.24) is 0 Å². The minimum Gasteiger partial charge on any atom is -0.449 e. The predicted molar refractivity (Wildman–Crippen MR) is 112 cm³/mol. The van der Waals surface area contributed by atoms with Crippen molar-refractivity contribution in [2.75, 3.05) is 16.8 Å². The maximum Gasteiger partial charge on any atom is 0.338 e. The van der Waals surface area contributed by atoms with Gasteiger partial charge in [0.05, 0.1) is 16.3 Å². The molecule has 3 rings (SSSR count). The molecule has 1 atom stereocenters. The summed E-state index contributed by atoms with van der Waals surface area (Å²) in [5, 5.41) is 3.20. The zero-order valence-electron chi connectivity index (χ0n) is 16.6. The third kappa shape index (κ3) is 4.59. The van der Waals surface area contributed by atoms with Crippen LogP contribution in [0.4, 0.5) is 11.4 Å². The molecule has 6 nitrogen and oxygen atoms in total. The van der Waals surface area contributed by atoms with Gasteiger partial charge in [0.2, 0.25) is 5.91 Å². The molecule has 0 aliphatic carbocycles. The molecule has 152 valence electrons. The number of halogens is 1. The molecule has 1 aliphatic rings. The van der Waals surface area contributed by atoms with Gasteiger partial charge in [0.1, 0.15) is 0 Å². The van der Waals surface area contributed by atoms with Gasteiger partial charge in [-0.1, -0.05) is 29.8 Å². The summed E-state index contributed by atoms with van der Waals surface area (Å²) in [6.07, 6.45) is 0.217. The van der Waals surface area contributed by atoms with Crippen molar-refractivity contribution >= 4 is 40.8 Å². The third-order valence-corrected chi connectivity index (χ3v) is 5.25. The molecule has 1 N–H and O–H groups in total. The number of carbonyl (C=O) groups excluding carboxylic acids is 3. The number of para-hydroxylation sites is 1. The van der Waals surface area contributed by atoms with Crippen LogP contribution in [0.2, 0.25) is 5.02 Å². The fourth-order valence-corrected chi connectivity index (χ4v) is 3.49. The van der Waals surface area contributed by atoms with Gasteiger partial charge >= 0.3 is 5.97 Å². The summed E-state index contributed by atoms with van der Waals surface area (Å²) in [5.41, 5.74) is 3.28. The fourth-order valence-electron chi connectivity index (χ4n) is 3.27. The van der Waals surface area contributed by atoms with Crippen molar-refractivity contribution in [3.8, 4) is 0 Å². The van der Waals surface area contributed by atoms with Crippen LogP contribution >= 0.6 is 11.6 Å². The van der Waals surface area contributed by atoms with Crippen LogP contribution in [0.1, 0.15) is 41.3 Å². The zero-order chi connectivity index (χ0) is 21.1. The topological polar surface area (TPSA) is 75.7 Å². The Bertz CT molecular complexity index is 953. The van der Waals surface area contributed by atoms with E-state index in [-0.39, 0.29) is 11.5 Å². The second-order valence-corrected chi connectivity index (χ2v) is 7.53. The average Bonchev–Trinajstić information content (AvgIpc) is 3.10. The van der Waals surface area contributed by atoms with Crippen LogP contribution in [0.5, 0.6) is 0 Å². The number of benzene rings is 2. The number of esters is 1. The second kappa shape index (κ2) is 8.66. The van der Waals surface area contributed by atoms with Gasteiger partial charge in [-0.15, -0.1) is 0 Å². The maximum absolute atomic E-state index is 12.6. The highest BCUT2D eigenvalue weighted by Crippen LogP contribution is 2.30. The lowest BCUT2D eigenvalue weighted by Crippen LogP contribution is -2.30. The number of hydrogen-bond donors (Lipinski definition) is 1. The summed E-state index contributed by atoms with van der Waals surface area (Å²) in [5.74, 6) is -1.10. The highest BCUT2D eigenvalue weighted by Gasteiger charge is 2.26. The van der Waals surface area contributed by atoms with E-state index in [0.29, 0.717) is 29.4 Å². The monoisotopic (exact) mass is 414 g/mol. The SMILES string of the molecule is Cc1cccc(C)c1NC(=O)[C@H](C)OC(=O)c1ccc(Cl)c(N2CCCC2=O)c1. The van der Waals surface area contributed by atoms with E-state index in [2.05, 4.69) is 5.32 Å². The van der Waals surface area contributed by atoms with E-state index in [1.54, 1.807) is 11.0 Å². The van der Waals surface area contributed by atoms with Crippen molar-refractivity contribution in [3.05, 3.63) is 58.1 Å². The Morgan fingerprint density at radius 3 is 2.48 bits per heavy atom. The molecule has 0 saturated carbocycles. The summed E-state index contributed by atoms with van der Waals surface area (Å²) in [6, 6.07) is 10.3. The summed E-state index contributed by atoms with van der Waals surface area (Å²) >= 11 is 6.21. The first-order chi connectivity index (χ1) is 13.8. The molecular formula is C22H23ClN2O4. The molecule has 1 saturated heterocycles. The van der Waals surface area contributed by atoms with Crippen LogP contribution in [0.3, 0.4) is 0 Å². The molecule has 2 amide bonds. The third-order valence-electron chi connectivity index (χ3n) is 4.93. The summed E-state index contributed by atoms with van der Waals surface area (Å²) in [4.78, 5) is 38.6. The van der Waals surface area contributed by atoms with E-state index in [4.69, 9.17) is 16.3 Å². The lowest BCUT2D eigenvalue weighted by atomic mass is 10.1. The summed E-state index contributed by atoms with van der Waals surface area (Å²) < 4.78 is 5.34. The first kappa shape index (κ1) is 20.9. The molecule has 1 heterocycles.